The van der Waals surface area contributed by atoms with Gasteiger partial charge in [-0.3, -0.25) is 4.68 Å². The molecule has 0 aliphatic heterocycles. The van der Waals surface area contributed by atoms with Gasteiger partial charge in [-0.05, 0) is 37.3 Å². The summed E-state index contributed by atoms with van der Waals surface area (Å²) in [6.45, 7) is -0.830. The number of alkyl halides is 2. The van der Waals surface area contributed by atoms with E-state index in [9.17, 15) is 13.2 Å². The van der Waals surface area contributed by atoms with E-state index in [1.54, 1.807) is 36.1 Å². The highest BCUT2D eigenvalue weighted by atomic mass is 19.3. The molecule has 0 N–H and O–H groups in total. The molecule has 124 valence electrons. The van der Waals surface area contributed by atoms with Crippen LogP contribution in [0.2, 0.25) is 0 Å². The van der Waals surface area contributed by atoms with E-state index in [2.05, 4.69) is 19.8 Å². The van der Waals surface area contributed by atoms with Crippen molar-refractivity contribution in [2.45, 2.75) is 20.1 Å². The van der Waals surface area contributed by atoms with Gasteiger partial charge in [-0.1, -0.05) is 0 Å². The number of hydrogen-bond donors (Lipinski definition) is 0. The lowest BCUT2D eigenvalue weighted by atomic mass is 10.1. The van der Waals surface area contributed by atoms with E-state index in [1.165, 1.54) is 6.07 Å². The van der Waals surface area contributed by atoms with Gasteiger partial charge >= 0.3 is 6.61 Å². The monoisotopic (exact) mass is 334 g/mol. The molecular formula is C16H13F3N4O. The second-order valence-corrected chi connectivity index (χ2v) is 5.02. The van der Waals surface area contributed by atoms with Gasteiger partial charge in [0.1, 0.15) is 5.82 Å². The van der Waals surface area contributed by atoms with Crippen molar-refractivity contribution in [3.05, 3.63) is 60.1 Å². The molecule has 0 fully saturated rings. The van der Waals surface area contributed by atoms with Gasteiger partial charge in [0.05, 0.1) is 17.9 Å². The van der Waals surface area contributed by atoms with Crippen molar-refractivity contribution in [3.8, 4) is 17.0 Å². The minimum Gasteiger partial charge on any atom is -0.432 e. The molecule has 0 radical (unpaired) electrons. The molecule has 0 aliphatic rings. The maximum absolute atomic E-state index is 13.8. The topological polar surface area (TPSA) is 52.8 Å². The molecule has 2 aromatic heterocycles. The molecule has 24 heavy (non-hydrogen) atoms. The van der Waals surface area contributed by atoms with Crippen LogP contribution in [0.25, 0.3) is 11.3 Å². The largest absolute Gasteiger partial charge is 0.432 e. The van der Waals surface area contributed by atoms with E-state index in [0.717, 1.165) is 17.8 Å². The third-order valence-electron chi connectivity index (χ3n) is 3.24. The molecule has 5 nitrogen and oxygen atoms in total. The molecule has 0 amide bonds. The minimum atomic E-state index is -3.07. The van der Waals surface area contributed by atoms with Crippen molar-refractivity contribution in [2.24, 2.45) is 0 Å². The molecule has 3 rings (SSSR count). The number of nitrogens with zero attached hydrogens (tertiary/aromatic N) is 4. The minimum absolute atomic E-state index is 0.443. The van der Waals surface area contributed by atoms with Crippen LogP contribution in [-0.4, -0.2) is 26.4 Å². The van der Waals surface area contributed by atoms with E-state index in [0.29, 0.717) is 23.6 Å². The van der Waals surface area contributed by atoms with Crippen molar-refractivity contribution >= 4 is 0 Å². The molecule has 1 aromatic carbocycles. The second kappa shape index (κ2) is 6.69. The summed E-state index contributed by atoms with van der Waals surface area (Å²) in [5.41, 5.74) is 1.78. The van der Waals surface area contributed by atoms with Gasteiger partial charge in [-0.2, -0.15) is 13.9 Å². The third-order valence-corrected chi connectivity index (χ3v) is 3.24. The standard InChI is InChI=1S/C16H13F3N4O/c1-10-20-6-4-12(21-10)9-23-7-5-14(22-23)11-2-3-15(13(17)8-11)24-16(18)19/h2-8,16H,9H2,1H3. The smallest absolute Gasteiger partial charge is 0.387 e. The number of halogens is 3. The highest BCUT2D eigenvalue weighted by Crippen LogP contribution is 2.25. The Morgan fingerprint density at radius 1 is 1.21 bits per heavy atom. The van der Waals surface area contributed by atoms with E-state index >= 15 is 0 Å². The number of hydrogen-bond acceptors (Lipinski definition) is 4. The Morgan fingerprint density at radius 2 is 2.04 bits per heavy atom. The van der Waals surface area contributed by atoms with Gasteiger partial charge in [-0.25, -0.2) is 14.4 Å². The van der Waals surface area contributed by atoms with E-state index in [1.807, 2.05) is 0 Å². The summed E-state index contributed by atoms with van der Waals surface area (Å²) in [5, 5.41) is 4.34. The Bertz CT molecular complexity index is 851. The van der Waals surface area contributed by atoms with Gasteiger partial charge in [0, 0.05) is 18.0 Å². The normalized spacial score (nSPS) is 11.0. The molecule has 0 unspecified atom stereocenters. The highest BCUT2D eigenvalue weighted by molar-refractivity contribution is 5.59. The molecule has 0 saturated carbocycles. The Balaban J connectivity index is 1.79. The highest BCUT2D eigenvalue weighted by Gasteiger charge is 2.12. The fraction of sp³-hybridized carbons (Fsp3) is 0.188. The van der Waals surface area contributed by atoms with Crippen LogP contribution in [0.5, 0.6) is 5.75 Å². The van der Waals surface area contributed by atoms with Crippen molar-refractivity contribution in [1.29, 1.82) is 0 Å². The third kappa shape index (κ3) is 3.70. The van der Waals surface area contributed by atoms with Crippen LogP contribution in [0, 0.1) is 12.7 Å². The number of aromatic nitrogens is 4. The maximum atomic E-state index is 13.8. The van der Waals surface area contributed by atoms with Gasteiger partial charge < -0.3 is 4.74 Å². The van der Waals surface area contributed by atoms with Gasteiger partial charge in [0.15, 0.2) is 11.6 Å². The fourth-order valence-electron chi connectivity index (χ4n) is 2.21. The van der Waals surface area contributed by atoms with E-state index < -0.39 is 18.2 Å². The van der Waals surface area contributed by atoms with Crippen LogP contribution in [0.4, 0.5) is 13.2 Å². The summed E-state index contributed by atoms with van der Waals surface area (Å²) < 4.78 is 43.8. The van der Waals surface area contributed by atoms with Crippen molar-refractivity contribution in [3.63, 3.8) is 0 Å². The Hall–Kier alpha value is -2.90. The lowest BCUT2D eigenvalue weighted by molar-refractivity contribution is -0.0521. The summed E-state index contributed by atoms with van der Waals surface area (Å²) >= 11 is 0. The van der Waals surface area contributed by atoms with Crippen LogP contribution < -0.4 is 4.74 Å². The zero-order valence-corrected chi connectivity index (χ0v) is 12.7. The van der Waals surface area contributed by atoms with Crippen molar-refractivity contribution in [1.82, 2.24) is 19.7 Å². The quantitative estimate of drug-likeness (QED) is 0.717. The second-order valence-electron chi connectivity index (χ2n) is 5.02. The summed E-state index contributed by atoms with van der Waals surface area (Å²) in [5.74, 6) is -0.699. The van der Waals surface area contributed by atoms with E-state index in [4.69, 9.17) is 0 Å². The Kier molecular flexibility index (Phi) is 4.45. The molecule has 3 aromatic rings. The van der Waals surface area contributed by atoms with Gasteiger partial charge in [0.2, 0.25) is 0 Å². The molecule has 0 atom stereocenters. The summed E-state index contributed by atoms with van der Waals surface area (Å²) in [6, 6.07) is 7.23. The average Bonchev–Trinajstić information content (AvgIpc) is 2.97. The predicted octanol–water partition coefficient (Wildman–Crippen LogP) is 3.44. The lowest BCUT2D eigenvalue weighted by Crippen LogP contribution is -2.04. The zero-order valence-electron chi connectivity index (χ0n) is 12.7. The van der Waals surface area contributed by atoms with Crippen LogP contribution in [0.15, 0.2) is 42.7 Å². The number of aryl methyl sites for hydroxylation is 1. The van der Waals surface area contributed by atoms with Crippen molar-refractivity contribution < 1.29 is 17.9 Å². The number of ether oxygens (including phenoxy) is 1. The summed E-state index contributed by atoms with van der Waals surface area (Å²) in [7, 11) is 0. The SMILES string of the molecule is Cc1nccc(Cn2ccc(-c3ccc(OC(F)F)c(F)c3)n2)n1. The number of benzene rings is 1. The van der Waals surface area contributed by atoms with Crippen LogP contribution in [0.3, 0.4) is 0 Å². The van der Waals surface area contributed by atoms with E-state index in [-0.39, 0.29) is 0 Å². The van der Waals surface area contributed by atoms with Crippen LogP contribution in [0.1, 0.15) is 11.5 Å². The molecule has 0 spiro atoms. The average molecular weight is 334 g/mol. The summed E-state index contributed by atoms with van der Waals surface area (Å²) in [6.07, 6.45) is 3.40. The molecule has 8 heteroatoms. The van der Waals surface area contributed by atoms with Gasteiger partial charge in [0.25, 0.3) is 0 Å². The zero-order chi connectivity index (χ0) is 17.1. The van der Waals surface area contributed by atoms with Crippen LogP contribution in [-0.2, 0) is 6.54 Å². The Morgan fingerprint density at radius 3 is 2.75 bits per heavy atom. The first-order chi connectivity index (χ1) is 11.5. The Labute approximate surface area is 135 Å². The van der Waals surface area contributed by atoms with Crippen molar-refractivity contribution in [2.75, 3.05) is 0 Å². The van der Waals surface area contributed by atoms with Gasteiger partial charge in [-0.15, -0.1) is 0 Å². The predicted molar refractivity (Wildman–Crippen MR) is 80.1 cm³/mol. The number of rotatable bonds is 5. The first-order valence-corrected chi connectivity index (χ1v) is 7.08. The fourth-order valence-corrected chi connectivity index (χ4v) is 2.21. The lowest BCUT2D eigenvalue weighted by Gasteiger charge is -2.06. The molecule has 2 heterocycles. The molecule has 0 saturated heterocycles. The first kappa shape index (κ1) is 16.0. The molecule has 0 bridgehead atoms. The molecular weight excluding hydrogens is 321 g/mol. The maximum Gasteiger partial charge on any atom is 0.387 e. The van der Waals surface area contributed by atoms with Crippen LogP contribution >= 0.6 is 0 Å². The molecule has 0 aliphatic carbocycles. The summed E-state index contributed by atoms with van der Waals surface area (Å²) in [4.78, 5) is 8.31. The first-order valence-electron chi connectivity index (χ1n) is 7.08.